The molecule has 2 N–H and O–H groups in total. The standard InChI is InChI=1S/C36H36N2O5/c1-41-32-14-7-13-29(23-32)33-36(24-25-9-3-2-4-10-25,35(40)37-30-21-27-11-5-6-12-28(27)22-30)38-34(43-33)26-15-17-31(18-16-26)42-20-8-19-39/h2-7,9-18,23,30,33,39H,8,19-22,24H2,1H3,(H,37,40)/t33-,36-/m1/s1. The Hall–Kier alpha value is -4.62. The Labute approximate surface area is 252 Å². The SMILES string of the molecule is COc1cccc([C@H]2OC(c3ccc(OCCCO)cc3)=N[C@@]2(Cc2ccccc2)C(=O)NC2Cc3ccccc3C2)c1. The second kappa shape index (κ2) is 12.7. The maximum atomic E-state index is 14.6. The van der Waals surface area contributed by atoms with Gasteiger partial charge >= 0.3 is 0 Å². The molecule has 1 heterocycles. The lowest BCUT2D eigenvalue weighted by molar-refractivity contribution is -0.129. The van der Waals surface area contributed by atoms with Gasteiger partial charge in [0.2, 0.25) is 5.90 Å². The first-order valence-electron chi connectivity index (χ1n) is 14.7. The summed E-state index contributed by atoms with van der Waals surface area (Å²) in [6, 6.07) is 33.4. The Kier molecular flexibility index (Phi) is 8.43. The van der Waals surface area contributed by atoms with Crippen LogP contribution in [-0.2, 0) is 28.8 Å². The number of aliphatic imine (C=N–C) groups is 1. The molecular weight excluding hydrogens is 540 g/mol. The average molecular weight is 577 g/mol. The van der Waals surface area contributed by atoms with Crippen LogP contribution in [0, 0.1) is 0 Å². The van der Waals surface area contributed by atoms with Crippen LogP contribution in [0.25, 0.3) is 0 Å². The minimum atomic E-state index is -1.27. The first kappa shape index (κ1) is 28.5. The number of ether oxygens (including phenoxy) is 3. The van der Waals surface area contributed by atoms with E-state index in [0.717, 1.165) is 29.5 Å². The van der Waals surface area contributed by atoms with Crippen LogP contribution >= 0.6 is 0 Å². The fourth-order valence-electron chi connectivity index (χ4n) is 5.97. The highest BCUT2D eigenvalue weighted by Gasteiger charge is 2.54. The summed E-state index contributed by atoms with van der Waals surface area (Å²) >= 11 is 0. The molecular formula is C36H36N2O5. The predicted octanol–water partition coefficient (Wildman–Crippen LogP) is 5.24. The van der Waals surface area contributed by atoms with Gasteiger partial charge in [0, 0.05) is 31.1 Å². The topological polar surface area (TPSA) is 89.4 Å². The summed E-state index contributed by atoms with van der Waals surface area (Å²) in [5.41, 5.74) is 3.81. The molecule has 0 aromatic heterocycles. The number of hydrogen-bond acceptors (Lipinski definition) is 6. The molecule has 1 aliphatic carbocycles. The largest absolute Gasteiger partial charge is 0.497 e. The Morgan fingerprint density at radius 3 is 2.35 bits per heavy atom. The second-order valence-electron chi connectivity index (χ2n) is 11.1. The number of nitrogens with zero attached hydrogens (tertiary/aromatic N) is 1. The van der Waals surface area contributed by atoms with E-state index in [2.05, 4.69) is 17.4 Å². The van der Waals surface area contributed by atoms with Crippen molar-refractivity contribution in [3.8, 4) is 11.5 Å². The maximum Gasteiger partial charge on any atom is 0.252 e. The van der Waals surface area contributed by atoms with Crippen molar-refractivity contribution in [2.24, 2.45) is 4.99 Å². The van der Waals surface area contributed by atoms with E-state index >= 15 is 0 Å². The molecule has 1 aliphatic heterocycles. The van der Waals surface area contributed by atoms with Crippen LogP contribution in [-0.4, -0.2) is 48.8 Å². The molecule has 0 fully saturated rings. The minimum Gasteiger partial charge on any atom is -0.497 e. The van der Waals surface area contributed by atoms with Gasteiger partial charge in [0.1, 0.15) is 11.5 Å². The minimum absolute atomic E-state index is 0.0295. The van der Waals surface area contributed by atoms with Crippen molar-refractivity contribution in [1.82, 2.24) is 5.32 Å². The molecule has 7 heteroatoms. The quantitative estimate of drug-likeness (QED) is 0.239. The number of carbonyl (C=O) groups excluding carboxylic acids is 1. The first-order chi connectivity index (χ1) is 21.1. The fourth-order valence-corrected chi connectivity index (χ4v) is 5.97. The number of methoxy groups -OCH3 is 1. The van der Waals surface area contributed by atoms with Gasteiger partial charge in [-0.25, -0.2) is 4.99 Å². The van der Waals surface area contributed by atoms with Crippen LogP contribution in [0.15, 0.2) is 108 Å². The van der Waals surface area contributed by atoms with Gasteiger partial charge < -0.3 is 24.6 Å². The van der Waals surface area contributed by atoms with Gasteiger partial charge in [0.25, 0.3) is 5.91 Å². The molecule has 7 nitrogen and oxygen atoms in total. The van der Waals surface area contributed by atoms with Crippen molar-refractivity contribution >= 4 is 11.8 Å². The van der Waals surface area contributed by atoms with Gasteiger partial charge in [-0.1, -0.05) is 66.7 Å². The van der Waals surface area contributed by atoms with Crippen molar-refractivity contribution in [3.63, 3.8) is 0 Å². The lowest BCUT2D eigenvalue weighted by atomic mass is 9.81. The molecule has 0 radical (unpaired) electrons. The number of nitrogens with one attached hydrogen (secondary N) is 1. The monoisotopic (exact) mass is 576 g/mol. The van der Waals surface area contributed by atoms with E-state index in [-0.39, 0.29) is 18.6 Å². The van der Waals surface area contributed by atoms with Crippen LogP contribution in [0.5, 0.6) is 11.5 Å². The van der Waals surface area contributed by atoms with Gasteiger partial charge in [-0.05, 0) is 71.5 Å². The lowest BCUT2D eigenvalue weighted by Crippen LogP contribution is -2.53. The molecule has 2 aliphatic rings. The van der Waals surface area contributed by atoms with Gasteiger partial charge in [0.05, 0.1) is 13.7 Å². The van der Waals surface area contributed by atoms with Gasteiger partial charge in [-0.2, -0.15) is 0 Å². The highest BCUT2D eigenvalue weighted by atomic mass is 16.5. The van der Waals surface area contributed by atoms with E-state index in [4.69, 9.17) is 24.3 Å². The van der Waals surface area contributed by atoms with Crippen molar-refractivity contribution in [1.29, 1.82) is 0 Å². The maximum absolute atomic E-state index is 14.6. The van der Waals surface area contributed by atoms with Crippen LogP contribution in [0.2, 0.25) is 0 Å². The van der Waals surface area contributed by atoms with E-state index < -0.39 is 11.6 Å². The number of fused-ring (bicyclic) bond motifs is 1. The van der Waals surface area contributed by atoms with Crippen LogP contribution in [0.1, 0.15) is 40.3 Å². The van der Waals surface area contributed by atoms with E-state index in [1.807, 2.05) is 91.0 Å². The summed E-state index contributed by atoms with van der Waals surface area (Å²) in [6.45, 7) is 0.503. The summed E-state index contributed by atoms with van der Waals surface area (Å²) in [5.74, 6) is 1.60. The Bertz CT molecular complexity index is 1560. The van der Waals surface area contributed by atoms with Gasteiger partial charge in [-0.15, -0.1) is 0 Å². The Morgan fingerprint density at radius 1 is 0.930 bits per heavy atom. The predicted molar refractivity (Wildman–Crippen MR) is 166 cm³/mol. The summed E-state index contributed by atoms with van der Waals surface area (Å²) < 4.78 is 17.9. The van der Waals surface area contributed by atoms with Crippen molar-refractivity contribution in [3.05, 3.63) is 131 Å². The molecule has 0 spiro atoms. The summed E-state index contributed by atoms with van der Waals surface area (Å²) in [4.78, 5) is 19.8. The Balaban J connectivity index is 1.39. The van der Waals surface area contributed by atoms with Crippen LogP contribution in [0.3, 0.4) is 0 Å². The number of benzene rings is 4. The molecule has 0 saturated carbocycles. The molecule has 4 aromatic rings. The van der Waals surface area contributed by atoms with E-state index in [1.165, 1.54) is 11.1 Å². The molecule has 4 aromatic carbocycles. The molecule has 6 rings (SSSR count). The van der Waals surface area contributed by atoms with E-state index in [1.54, 1.807) is 7.11 Å². The van der Waals surface area contributed by atoms with Crippen molar-refractivity contribution in [2.75, 3.05) is 20.3 Å². The van der Waals surface area contributed by atoms with E-state index in [0.29, 0.717) is 36.8 Å². The molecule has 0 unspecified atom stereocenters. The molecule has 0 bridgehead atoms. The molecule has 2 atom stereocenters. The van der Waals surface area contributed by atoms with Crippen molar-refractivity contribution < 1.29 is 24.1 Å². The van der Waals surface area contributed by atoms with Crippen LogP contribution < -0.4 is 14.8 Å². The smallest absolute Gasteiger partial charge is 0.252 e. The number of aliphatic hydroxyl groups excluding tert-OH is 1. The molecule has 1 amide bonds. The number of carbonyl (C=O) groups is 1. The second-order valence-corrected chi connectivity index (χ2v) is 11.1. The summed E-state index contributed by atoms with van der Waals surface area (Å²) in [5, 5.41) is 12.4. The van der Waals surface area contributed by atoms with Gasteiger partial charge in [-0.3, -0.25) is 4.79 Å². The zero-order valence-corrected chi connectivity index (χ0v) is 24.2. The highest BCUT2D eigenvalue weighted by molar-refractivity contribution is 6.01. The zero-order valence-electron chi connectivity index (χ0n) is 24.2. The summed E-state index contributed by atoms with van der Waals surface area (Å²) in [7, 11) is 1.63. The lowest BCUT2D eigenvalue weighted by Gasteiger charge is -2.32. The fraction of sp³-hybridized carbons (Fsp3) is 0.278. The zero-order chi connectivity index (χ0) is 29.6. The molecule has 43 heavy (non-hydrogen) atoms. The third-order valence-electron chi connectivity index (χ3n) is 8.13. The third-order valence-corrected chi connectivity index (χ3v) is 8.13. The third kappa shape index (κ3) is 6.13. The number of rotatable bonds is 11. The molecule has 0 saturated heterocycles. The van der Waals surface area contributed by atoms with Gasteiger partial charge in [0.15, 0.2) is 11.6 Å². The molecule has 220 valence electrons. The normalized spacial score (nSPS) is 19.3. The average Bonchev–Trinajstić information content (AvgIpc) is 3.64. The highest BCUT2D eigenvalue weighted by Crippen LogP contribution is 2.43. The number of hydrogen-bond donors (Lipinski definition) is 2. The van der Waals surface area contributed by atoms with E-state index in [9.17, 15) is 4.79 Å². The Morgan fingerprint density at radius 2 is 1.65 bits per heavy atom. The number of amides is 1. The number of aliphatic hydroxyl groups is 1. The van der Waals surface area contributed by atoms with Crippen molar-refractivity contribution in [2.45, 2.75) is 43.4 Å². The summed E-state index contributed by atoms with van der Waals surface area (Å²) in [6.07, 6.45) is 1.78. The van der Waals surface area contributed by atoms with Crippen LogP contribution in [0.4, 0.5) is 0 Å². The first-order valence-corrected chi connectivity index (χ1v) is 14.7.